The molecule has 2 bridgehead atoms. The summed E-state index contributed by atoms with van der Waals surface area (Å²) < 4.78 is -0.534. The second kappa shape index (κ2) is 10.5. The first kappa shape index (κ1) is 24.1. The van der Waals surface area contributed by atoms with Gasteiger partial charge in [-0.15, -0.1) is 11.8 Å². The number of hydrogen-bond donors (Lipinski definition) is 3. The summed E-state index contributed by atoms with van der Waals surface area (Å²) >= 11 is 1.70. The molecule has 4 rings (SSSR count). The predicted molar refractivity (Wildman–Crippen MR) is 128 cm³/mol. The molecule has 8 heteroatoms. The third-order valence-corrected chi connectivity index (χ3v) is 9.22. The third-order valence-electron chi connectivity index (χ3n) is 7.27. The Kier molecular flexibility index (Phi) is 7.64. The SMILES string of the molecule is CCCNC(=O)[C@@H]1[C@@H]2CCC3(S2)C(C(=O)NCc2ccccc2)N(CCCCCO)C(=O)[C@H]13. The second-order valence-corrected chi connectivity index (χ2v) is 11.0. The van der Waals surface area contributed by atoms with Gasteiger partial charge in [0.2, 0.25) is 17.7 Å². The van der Waals surface area contributed by atoms with Crippen LogP contribution in [0, 0.1) is 11.8 Å². The van der Waals surface area contributed by atoms with Gasteiger partial charge in [-0.2, -0.15) is 0 Å². The highest BCUT2D eigenvalue weighted by Gasteiger charge is 2.73. The van der Waals surface area contributed by atoms with Crippen LogP contribution >= 0.6 is 11.8 Å². The van der Waals surface area contributed by atoms with Gasteiger partial charge in [-0.25, -0.2) is 0 Å². The first-order chi connectivity index (χ1) is 16.0. The van der Waals surface area contributed by atoms with E-state index in [2.05, 4.69) is 10.6 Å². The minimum atomic E-state index is -0.563. The van der Waals surface area contributed by atoms with Crippen molar-refractivity contribution in [2.45, 2.75) is 68.0 Å². The maximum absolute atomic E-state index is 13.7. The molecule has 0 radical (unpaired) electrons. The number of rotatable bonds is 11. The van der Waals surface area contributed by atoms with Crippen LogP contribution in [-0.4, -0.2) is 63.5 Å². The van der Waals surface area contributed by atoms with E-state index in [4.69, 9.17) is 5.11 Å². The van der Waals surface area contributed by atoms with Gasteiger partial charge >= 0.3 is 0 Å². The summed E-state index contributed by atoms with van der Waals surface area (Å²) in [6, 6.07) is 9.20. The van der Waals surface area contributed by atoms with Gasteiger partial charge in [0.1, 0.15) is 6.04 Å². The number of hydrogen-bond acceptors (Lipinski definition) is 5. The van der Waals surface area contributed by atoms with E-state index in [9.17, 15) is 14.4 Å². The van der Waals surface area contributed by atoms with Gasteiger partial charge in [0.25, 0.3) is 0 Å². The van der Waals surface area contributed by atoms with Crippen LogP contribution in [0.25, 0.3) is 0 Å². The molecular weight excluding hydrogens is 438 g/mol. The molecule has 3 fully saturated rings. The minimum Gasteiger partial charge on any atom is -0.396 e. The number of nitrogens with zero attached hydrogens (tertiary/aromatic N) is 1. The summed E-state index contributed by atoms with van der Waals surface area (Å²) in [5.41, 5.74) is 1.01. The molecule has 0 aliphatic carbocycles. The lowest BCUT2D eigenvalue weighted by atomic mass is 9.70. The number of aliphatic hydroxyl groups excluding tert-OH is 1. The van der Waals surface area contributed by atoms with Crippen LogP contribution < -0.4 is 10.6 Å². The molecule has 5 atom stereocenters. The van der Waals surface area contributed by atoms with Gasteiger partial charge < -0.3 is 20.6 Å². The monoisotopic (exact) mass is 473 g/mol. The number of fused-ring (bicyclic) bond motifs is 1. The molecule has 3 N–H and O–H groups in total. The molecule has 2 unspecified atom stereocenters. The molecule has 1 aromatic rings. The lowest BCUT2D eigenvalue weighted by Crippen LogP contribution is -2.53. The van der Waals surface area contributed by atoms with Crippen LogP contribution in [0.3, 0.4) is 0 Å². The first-order valence-electron chi connectivity index (χ1n) is 12.2. The standard InChI is InChI=1S/C25H35N3O4S/c1-2-13-26-22(30)19-18-11-12-25(33-18)20(19)24(32)28(14-7-4-8-15-29)21(25)23(31)27-16-17-9-5-3-6-10-17/h3,5-6,9-10,18-21,29H,2,4,7-8,11-16H2,1H3,(H,26,30)(H,27,31)/t18-,19+,20-,21?,25?/m0/s1. The fourth-order valence-electron chi connectivity index (χ4n) is 5.81. The average molecular weight is 474 g/mol. The normalized spacial score (nSPS) is 29.9. The van der Waals surface area contributed by atoms with Crippen molar-refractivity contribution in [2.75, 3.05) is 19.7 Å². The van der Waals surface area contributed by atoms with E-state index in [1.165, 1.54) is 0 Å². The van der Waals surface area contributed by atoms with Crippen molar-refractivity contribution in [1.29, 1.82) is 0 Å². The van der Waals surface area contributed by atoms with Crippen molar-refractivity contribution in [3.63, 3.8) is 0 Å². The fourth-order valence-corrected chi connectivity index (χ4v) is 8.03. The molecule has 1 spiro atoms. The van der Waals surface area contributed by atoms with Gasteiger partial charge in [-0.05, 0) is 44.1 Å². The van der Waals surface area contributed by atoms with E-state index in [0.29, 0.717) is 26.1 Å². The Labute approximate surface area is 200 Å². The van der Waals surface area contributed by atoms with E-state index >= 15 is 0 Å². The number of likely N-dealkylation sites (tertiary alicyclic amines) is 1. The topological polar surface area (TPSA) is 98.7 Å². The van der Waals surface area contributed by atoms with Crippen molar-refractivity contribution < 1.29 is 19.5 Å². The summed E-state index contributed by atoms with van der Waals surface area (Å²) in [6.45, 7) is 3.64. The zero-order valence-electron chi connectivity index (χ0n) is 19.3. The van der Waals surface area contributed by atoms with Gasteiger partial charge in [-0.3, -0.25) is 14.4 Å². The highest BCUT2D eigenvalue weighted by atomic mass is 32.2. The lowest BCUT2D eigenvalue weighted by molar-refractivity contribution is -0.140. The molecule has 1 aromatic carbocycles. The molecule has 180 valence electrons. The Hall–Kier alpha value is -2.06. The lowest BCUT2D eigenvalue weighted by Gasteiger charge is -2.34. The highest BCUT2D eigenvalue weighted by Crippen LogP contribution is 2.66. The minimum absolute atomic E-state index is 0.0418. The molecule has 3 heterocycles. The van der Waals surface area contributed by atoms with Crippen LogP contribution in [0.4, 0.5) is 0 Å². The van der Waals surface area contributed by atoms with E-state index in [1.54, 1.807) is 16.7 Å². The van der Waals surface area contributed by atoms with Gasteiger partial charge in [-0.1, -0.05) is 37.3 Å². The Morgan fingerprint density at radius 1 is 1.15 bits per heavy atom. The number of unbranched alkanes of at least 4 members (excludes halogenated alkanes) is 2. The molecule has 3 aliphatic heterocycles. The van der Waals surface area contributed by atoms with Crippen molar-refractivity contribution in [3.8, 4) is 0 Å². The van der Waals surface area contributed by atoms with E-state index < -0.39 is 16.7 Å². The number of nitrogens with one attached hydrogen (secondary N) is 2. The summed E-state index contributed by atoms with van der Waals surface area (Å²) in [4.78, 5) is 42.1. The fraction of sp³-hybridized carbons (Fsp3) is 0.640. The van der Waals surface area contributed by atoms with Gasteiger partial charge in [0, 0.05) is 31.5 Å². The van der Waals surface area contributed by atoms with Gasteiger partial charge in [0.05, 0.1) is 16.6 Å². The predicted octanol–water partition coefficient (Wildman–Crippen LogP) is 2.08. The largest absolute Gasteiger partial charge is 0.396 e. The molecule has 33 heavy (non-hydrogen) atoms. The van der Waals surface area contributed by atoms with E-state index in [-0.39, 0.29) is 35.5 Å². The van der Waals surface area contributed by atoms with E-state index in [1.807, 2.05) is 37.3 Å². The van der Waals surface area contributed by atoms with Gasteiger partial charge in [0.15, 0.2) is 0 Å². The van der Waals surface area contributed by atoms with Crippen molar-refractivity contribution >= 4 is 29.5 Å². The molecule has 0 aromatic heterocycles. The number of aliphatic hydroxyl groups is 1. The smallest absolute Gasteiger partial charge is 0.244 e. The third kappa shape index (κ3) is 4.52. The number of carbonyl (C=O) groups excluding carboxylic acids is 3. The molecule has 3 amide bonds. The molecule has 3 saturated heterocycles. The molecule has 7 nitrogen and oxygen atoms in total. The molecule has 0 saturated carbocycles. The van der Waals surface area contributed by atoms with Crippen molar-refractivity contribution in [3.05, 3.63) is 35.9 Å². The first-order valence-corrected chi connectivity index (χ1v) is 13.1. The van der Waals surface area contributed by atoms with Crippen LogP contribution in [0.15, 0.2) is 30.3 Å². The zero-order valence-corrected chi connectivity index (χ0v) is 20.1. The summed E-state index contributed by atoms with van der Waals surface area (Å²) in [5, 5.41) is 15.3. The van der Waals surface area contributed by atoms with Crippen LogP contribution in [0.5, 0.6) is 0 Å². The second-order valence-electron chi connectivity index (χ2n) is 9.37. The average Bonchev–Trinajstić information content (AvgIpc) is 3.47. The Bertz CT molecular complexity index is 866. The number of carbonyl (C=O) groups is 3. The van der Waals surface area contributed by atoms with Crippen LogP contribution in [0.2, 0.25) is 0 Å². The summed E-state index contributed by atoms with van der Waals surface area (Å²) in [7, 11) is 0. The Morgan fingerprint density at radius 2 is 1.94 bits per heavy atom. The zero-order chi connectivity index (χ0) is 23.4. The van der Waals surface area contributed by atoms with Crippen LogP contribution in [-0.2, 0) is 20.9 Å². The maximum Gasteiger partial charge on any atom is 0.244 e. The quantitative estimate of drug-likeness (QED) is 0.428. The van der Waals surface area contributed by atoms with Crippen molar-refractivity contribution in [1.82, 2.24) is 15.5 Å². The maximum atomic E-state index is 13.7. The number of benzene rings is 1. The van der Waals surface area contributed by atoms with Crippen LogP contribution in [0.1, 0.15) is 51.0 Å². The number of amides is 3. The van der Waals surface area contributed by atoms with Crippen molar-refractivity contribution in [2.24, 2.45) is 11.8 Å². The Balaban J connectivity index is 1.57. The molecule has 3 aliphatic rings. The summed E-state index contributed by atoms with van der Waals surface area (Å²) in [5.74, 6) is -1.03. The Morgan fingerprint density at radius 3 is 2.67 bits per heavy atom. The summed E-state index contributed by atoms with van der Waals surface area (Å²) in [6.07, 6.45) is 4.71. The number of thioether (sulfide) groups is 1. The molecular formula is C25H35N3O4S. The van der Waals surface area contributed by atoms with E-state index in [0.717, 1.165) is 37.7 Å². The highest BCUT2D eigenvalue weighted by molar-refractivity contribution is 8.02.